The highest BCUT2D eigenvalue weighted by atomic mass is 32.2. The molecule has 1 saturated carbocycles. The first-order chi connectivity index (χ1) is 9.53. The molecule has 0 heterocycles. The molecule has 1 aromatic carbocycles. The number of hydrogen-bond acceptors (Lipinski definition) is 3. The van der Waals surface area contributed by atoms with Crippen LogP contribution in [0.5, 0.6) is 0 Å². The van der Waals surface area contributed by atoms with Crippen molar-refractivity contribution in [1.82, 2.24) is 0 Å². The third-order valence-electron chi connectivity index (χ3n) is 3.30. The molecule has 1 aliphatic rings. The Bertz CT molecular complexity index is 641. The Morgan fingerprint density at radius 1 is 1.35 bits per heavy atom. The summed E-state index contributed by atoms with van der Waals surface area (Å²) in [4.78, 5) is 0. The molecule has 1 aromatic rings. The zero-order chi connectivity index (χ0) is 14.6. The van der Waals surface area contributed by atoms with Gasteiger partial charge in [-0.3, -0.25) is 4.72 Å². The van der Waals surface area contributed by atoms with E-state index in [1.807, 2.05) is 0 Å². The highest BCUT2D eigenvalue weighted by Crippen LogP contribution is 2.27. The van der Waals surface area contributed by atoms with E-state index in [1.165, 1.54) is 18.2 Å². The summed E-state index contributed by atoms with van der Waals surface area (Å²) in [5.74, 6) is 4.83. The van der Waals surface area contributed by atoms with Crippen molar-refractivity contribution in [2.45, 2.75) is 30.9 Å². The standard InChI is InChI=1S/C14H17FN2O2S/c15-12-7-8-14(11(10-12)4-3-9-16)17-20(18,19)13-5-1-2-6-13/h7-8,10,13,17H,1-2,5-6,9,16H2. The monoisotopic (exact) mass is 296 g/mol. The van der Waals surface area contributed by atoms with E-state index in [4.69, 9.17) is 5.73 Å². The first kappa shape index (κ1) is 14.8. The maximum absolute atomic E-state index is 13.2. The van der Waals surface area contributed by atoms with E-state index in [0.29, 0.717) is 24.1 Å². The molecule has 0 aliphatic heterocycles. The van der Waals surface area contributed by atoms with Crippen molar-refractivity contribution in [3.8, 4) is 11.8 Å². The maximum Gasteiger partial charge on any atom is 0.235 e. The third-order valence-corrected chi connectivity index (χ3v) is 5.15. The van der Waals surface area contributed by atoms with Gasteiger partial charge in [-0.2, -0.15) is 0 Å². The first-order valence-electron chi connectivity index (χ1n) is 6.53. The van der Waals surface area contributed by atoms with E-state index >= 15 is 0 Å². The van der Waals surface area contributed by atoms with Crippen molar-refractivity contribution in [2.24, 2.45) is 5.73 Å². The smallest absolute Gasteiger partial charge is 0.235 e. The summed E-state index contributed by atoms with van der Waals surface area (Å²) in [7, 11) is -3.44. The van der Waals surface area contributed by atoms with E-state index in [-0.39, 0.29) is 11.8 Å². The molecule has 2 rings (SSSR count). The summed E-state index contributed by atoms with van der Waals surface area (Å²) in [5.41, 5.74) is 5.89. The SMILES string of the molecule is NCC#Cc1cc(F)ccc1NS(=O)(=O)C1CCCC1. The number of sulfonamides is 1. The Hall–Kier alpha value is -1.58. The van der Waals surface area contributed by atoms with E-state index in [9.17, 15) is 12.8 Å². The average molecular weight is 296 g/mol. The molecule has 0 atom stereocenters. The highest BCUT2D eigenvalue weighted by Gasteiger charge is 2.29. The fourth-order valence-electron chi connectivity index (χ4n) is 2.29. The predicted molar refractivity (Wildman–Crippen MR) is 77.1 cm³/mol. The van der Waals surface area contributed by atoms with Crippen molar-refractivity contribution in [3.05, 3.63) is 29.6 Å². The molecule has 20 heavy (non-hydrogen) atoms. The second-order valence-corrected chi connectivity index (χ2v) is 6.71. The number of halogens is 1. The Labute approximate surface area is 118 Å². The van der Waals surface area contributed by atoms with Crippen molar-refractivity contribution in [3.63, 3.8) is 0 Å². The first-order valence-corrected chi connectivity index (χ1v) is 8.07. The van der Waals surface area contributed by atoms with Crippen LogP contribution in [0.25, 0.3) is 0 Å². The minimum absolute atomic E-state index is 0.130. The summed E-state index contributed by atoms with van der Waals surface area (Å²) in [5, 5.41) is -0.372. The second-order valence-electron chi connectivity index (χ2n) is 4.75. The van der Waals surface area contributed by atoms with Gasteiger partial charge in [-0.05, 0) is 31.0 Å². The van der Waals surface area contributed by atoms with Gasteiger partial charge in [0.25, 0.3) is 0 Å². The van der Waals surface area contributed by atoms with Crippen molar-refractivity contribution < 1.29 is 12.8 Å². The average Bonchev–Trinajstić information content (AvgIpc) is 2.93. The molecule has 1 aliphatic carbocycles. The van der Waals surface area contributed by atoms with Gasteiger partial charge >= 0.3 is 0 Å². The number of nitrogens with two attached hydrogens (primary N) is 1. The number of benzene rings is 1. The summed E-state index contributed by atoms with van der Waals surface area (Å²) in [6.07, 6.45) is 3.18. The van der Waals surface area contributed by atoms with Gasteiger partial charge in [0.05, 0.1) is 23.0 Å². The number of hydrogen-bond donors (Lipinski definition) is 2. The van der Waals surface area contributed by atoms with Crippen LogP contribution in [0.2, 0.25) is 0 Å². The van der Waals surface area contributed by atoms with Crippen LogP contribution in [0.3, 0.4) is 0 Å². The van der Waals surface area contributed by atoms with Gasteiger partial charge < -0.3 is 5.73 Å². The van der Waals surface area contributed by atoms with E-state index < -0.39 is 15.8 Å². The minimum atomic E-state index is -3.44. The molecule has 3 N–H and O–H groups in total. The van der Waals surface area contributed by atoms with E-state index in [0.717, 1.165) is 12.8 Å². The van der Waals surface area contributed by atoms with Gasteiger partial charge in [0.15, 0.2) is 0 Å². The fraction of sp³-hybridized carbons (Fsp3) is 0.429. The Kier molecular flexibility index (Phi) is 4.63. The highest BCUT2D eigenvalue weighted by molar-refractivity contribution is 7.93. The topological polar surface area (TPSA) is 72.2 Å². The van der Waals surface area contributed by atoms with Crippen LogP contribution in [0.15, 0.2) is 18.2 Å². The summed E-state index contributed by atoms with van der Waals surface area (Å²) in [6, 6.07) is 3.80. The molecular weight excluding hydrogens is 279 g/mol. The number of anilines is 1. The lowest BCUT2D eigenvalue weighted by Crippen LogP contribution is -2.25. The van der Waals surface area contributed by atoms with Crippen LogP contribution >= 0.6 is 0 Å². The summed E-state index contributed by atoms with van der Waals surface area (Å²) >= 11 is 0. The third kappa shape index (κ3) is 3.50. The van der Waals surface area contributed by atoms with Crippen molar-refractivity contribution >= 4 is 15.7 Å². The molecule has 0 aromatic heterocycles. The molecule has 0 radical (unpaired) electrons. The van der Waals surface area contributed by atoms with Crippen LogP contribution in [0.1, 0.15) is 31.2 Å². The number of nitrogens with one attached hydrogen (secondary N) is 1. The second kappa shape index (κ2) is 6.25. The quantitative estimate of drug-likeness (QED) is 0.836. The van der Waals surface area contributed by atoms with Crippen molar-refractivity contribution in [1.29, 1.82) is 0 Å². The maximum atomic E-state index is 13.2. The summed E-state index contributed by atoms with van der Waals surface area (Å²) < 4.78 is 40.2. The van der Waals surface area contributed by atoms with Gasteiger partial charge in [0, 0.05) is 0 Å². The predicted octanol–water partition coefficient (Wildman–Crippen LogP) is 1.82. The van der Waals surface area contributed by atoms with Crippen molar-refractivity contribution in [2.75, 3.05) is 11.3 Å². The molecule has 0 saturated heterocycles. The van der Waals surface area contributed by atoms with Crippen LogP contribution in [0, 0.1) is 17.7 Å². The Morgan fingerprint density at radius 3 is 2.70 bits per heavy atom. The molecule has 4 nitrogen and oxygen atoms in total. The number of rotatable bonds is 3. The van der Waals surface area contributed by atoms with E-state index in [1.54, 1.807) is 0 Å². The molecule has 6 heteroatoms. The lowest BCUT2D eigenvalue weighted by atomic mass is 10.2. The van der Waals surface area contributed by atoms with Gasteiger partial charge in [-0.1, -0.05) is 24.7 Å². The lowest BCUT2D eigenvalue weighted by Gasteiger charge is -2.14. The van der Waals surface area contributed by atoms with E-state index in [2.05, 4.69) is 16.6 Å². The zero-order valence-electron chi connectivity index (χ0n) is 11.0. The van der Waals surface area contributed by atoms with Gasteiger partial charge in [0.1, 0.15) is 5.82 Å². The van der Waals surface area contributed by atoms with Crippen LogP contribution in [-0.2, 0) is 10.0 Å². The zero-order valence-corrected chi connectivity index (χ0v) is 11.8. The minimum Gasteiger partial charge on any atom is -0.320 e. The van der Waals surface area contributed by atoms with Crippen LogP contribution in [-0.4, -0.2) is 20.2 Å². The molecular formula is C14H17FN2O2S. The summed E-state index contributed by atoms with van der Waals surface area (Å²) in [6.45, 7) is 0.130. The molecule has 108 valence electrons. The lowest BCUT2D eigenvalue weighted by molar-refractivity contribution is 0.585. The van der Waals surface area contributed by atoms with Gasteiger partial charge in [-0.25, -0.2) is 12.8 Å². The van der Waals surface area contributed by atoms with Gasteiger partial charge in [-0.15, -0.1) is 0 Å². The molecule has 0 spiro atoms. The van der Waals surface area contributed by atoms with Crippen LogP contribution < -0.4 is 10.5 Å². The normalized spacial score (nSPS) is 15.7. The molecule has 0 unspecified atom stereocenters. The van der Waals surface area contributed by atoms with Crippen LogP contribution in [0.4, 0.5) is 10.1 Å². The largest absolute Gasteiger partial charge is 0.320 e. The fourth-order valence-corrected chi connectivity index (χ4v) is 3.90. The van der Waals surface area contributed by atoms with Gasteiger partial charge in [0.2, 0.25) is 10.0 Å². The Balaban J connectivity index is 2.28. The molecule has 0 bridgehead atoms. The molecule has 0 amide bonds. The molecule has 1 fully saturated rings. The Morgan fingerprint density at radius 2 is 2.05 bits per heavy atom.